The van der Waals surface area contributed by atoms with E-state index in [0.29, 0.717) is 6.17 Å². The zero-order chi connectivity index (χ0) is 14.3. The van der Waals surface area contributed by atoms with E-state index in [0.717, 1.165) is 17.1 Å². The van der Waals surface area contributed by atoms with Crippen molar-refractivity contribution in [3.63, 3.8) is 0 Å². The van der Waals surface area contributed by atoms with Crippen molar-refractivity contribution < 1.29 is 4.42 Å². The van der Waals surface area contributed by atoms with Gasteiger partial charge in [-0.05, 0) is 24.5 Å². The zero-order valence-electron chi connectivity index (χ0n) is 12.2. The Morgan fingerprint density at radius 2 is 1.95 bits per heavy atom. The number of hydrogen-bond donors (Lipinski definition) is 0. The third kappa shape index (κ3) is 1.20. The van der Waals surface area contributed by atoms with Gasteiger partial charge in [-0.25, -0.2) is 0 Å². The Morgan fingerprint density at radius 1 is 1.00 bits per heavy atom. The molecule has 3 heteroatoms. The van der Waals surface area contributed by atoms with E-state index in [1.807, 2.05) is 6.07 Å². The maximum atomic E-state index is 6.26. The summed E-state index contributed by atoms with van der Waals surface area (Å²) in [5, 5.41) is 2.45. The van der Waals surface area contributed by atoms with Crippen molar-refractivity contribution in [3.05, 3.63) is 54.4 Å². The summed E-state index contributed by atoms with van der Waals surface area (Å²) in [7, 11) is 0. The molecule has 0 N–H and O–H groups in total. The molecular weight excluding hydrogens is 272 g/mol. The SMILES string of the molecule is C1=CN2c3c(ccc4c3oc3ccccc34)CC3CCN1[C@@H]32. The van der Waals surface area contributed by atoms with Gasteiger partial charge in [0, 0.05) is 35.6 Å². The van der Waals surface area contributed by atoms with Crippen LogP contribution in [-0.2, 0) is 6.42 Å². The van der Waals surface area contributed by atoms with Gasteiger partial charge < -0.3 is 14.2 Å². The largest absolute Gasteiger partial charge is 0.454 e. The fourth-order valence-corrected chi connectivity index (χ4v) is 4.62. The molecule has 2 atom stereocenters. The van der Waals surface area contributed by atoms with E-state index in [1.54, 1.807) is 0 Å². The molecule has 0 amide bonds. The molecule has 3 aromatic rings. The Labute approximate surface area is 128 Å². The first-order chi connectivity index (χ1) is 10.9. The Hall–Kier alpha value is -2.42. The fourth-order valence-electron chi connectivity index (χ4n) is 4.62. The fraction of sp³-hybridized carbons (Fsp3) is 0.263. The summed E-state index contributed by atoms with van der Waals surface area (Å²) in [5.74, 6) is 0.740. The Morgan fingerprint density at radius 3 is 2.95 bits per heavy atom. The van der Waals surface area contributed by atoms with E-state index < -0.39 is 0 Å². The Kier molecular flexibility index (Phi) is 1.86. The molecule has 0 saturated carbocycles. The predicted molar refractivity (Wildman–Crippen MR) is 87.6 cm³/mol. The lowest BCUT2D eigenvalue weighted by atomic mass is 9.89. The van der Waals surface area contributed by atoms with Crippen molar-refractivity contribution >= 4 is 27.6 Å². The molecule has 0 bridgehead atoms. The number of hydrogen-bond acceptors (Lipinski definition) is 3. The van der Waals surface area contributed by atoms with E-state index in [2.05, 4.69) is 52.5 Å². The maximum absolute atomic E-state index is 6.26. The minimum atomic E-state index is 0.506. The van der Waals surface area contributed by atoms with Crippen molar-refractivity contribution in [2.45, 2.75) is 19.0 Å². The quantitative estimate of drug-likeness (QED) is 0.621. The second kappa shape index (κ2) is 3.67. The van der Waals surface area contributed by atoms with E-state index in [-0.39, 0.29) is 0 Å². The highest BCUT2D eigenvalue weighted by Crippen LogP contribution is 2.47. The Balaban J connectivity index is 1.70. The monoisotopic (exact) mass is 288 g/mol. The van der Waals surface area contributed by atoms with Crippen LogP contribution in [0.1, 0.15) is 12.0 Å². The van der Waals surface area contributed by atoms with Crippen LogP contribution in [-0.4, -0.2) is 17.6 Å². The molecule has 108 valence electrons. The molecule has 1 saturated heterocycles. The van der Waals surface area contributed by atoms with Gasteiger partial charge in [-0.1, -0.05) is 30.3 Å². The molecule has 6 rings (SSSR count). The average Bonchev–Trinajstić information content (AvgIpc) is 3.24. The molecule has 0 radical (unpaired) electrons. The molecule has 0 spiro atoms. The van der Waals surface area contributed by atoms with Crippen LogP contribution in [0.2, 0.25) is 0 Å². The smallest absolute Gasteiger partial charge is 0.159 e. The highest BCUT2D eigenvalue weighted by Gasteiger charge is 2.44. The van der Waals surface area contributed by atoms with Crippen LogP contribution in [0.15, 0.2) is 53.2 Å². The van der Waals surface area contributed by atoms with E-state index in [1.165, 1.54) is 41.4 Å². The summed E-state index contributed by atoms with van der Waals surface area (Å²) in [5.41, 5.74) is 4.76. The highest BCUT2D eigenvalue weighted by atomic mass is 16.3. The van der Waals surface area contributed by atoms with Crippen LogP contribution in [0.3, 0.4) is 0 Å². The summed E-state index contributed by atoms with van der Waals surface area (Å²) < 4.78 is 6.26. The number of para-hydroxylation sites is 1. The first-order valence-corrected chi connectivity index (χ1v) is 8.06. The minimum Gasteiger partial charge on any atom is -0.454 e. The van der Waals surface area contributed by atoms with Crippen molar-refractivity contribution in [3.8, 4) is 0 Å². The standard InChI is InChI=1S/C19H16N2O/c1-2-4-16-14(3-1)15-6-5-12-11-13-7-8-20-9-10-21(19(13)20)17(12)18(15)22-16/h1-6,9-10,13,19H,7-8,11H2/t13?,19-/m1/s1. The third-order valence-corrected chi connectivity index (χ3v) is 5.57. The lowest BCUT2D eigenvalue weighted by molar-refractivity contribution is 0.318. The van der Waals surface area contributed by atoms with Gasteiger partial charge in [-0.2, -0.15) is 0 Å². The lowest BCUT2D eigenvalue weighted by Crippen LogP contribution is -2.42. The molecule has 3 aliphatic rings. The predicted octanol–water partition coefficient (Wildman–Crippen LogP) is 4.08. The minimum absolute atomic E-state index is 0.506. The molecule has 3 aliphatic heterocycles. The number of fused-ring (bicyclic) bond motifs is 6. The van der Waals surface area contributed by atoms with E-state index >= 15 is 0 Å². The van der Waals surface area contributed by atoms with Gasteiger partial charge in [0.15, 0.2) is 5.58 Å². The molecule has 4 heterocycles. The molecule has 3 nitrogen and oxygen atoms in total. The summed E-state index contributed by atoms with van der Waals surface area (Å²) in [6.07, 6.45) is 7.46. The van der Waals surface area contributed by atoms with Crippen LogP contribution < -0.4 is 4.90 Å². The van der Waals surface area contributed by atoms with Crippen LogP contribution in [0, 0.1) is 5.92 Å². The Bertz CT molecular complexity index is 955. The van der Waals surface area contributed by atoms with Gasteiger partial charge in [0.25, 0.3) is 0 Å². The second-order valence-electron chi connectivity index (χ2n) is 6.66. The van der Waals surface area contributed by atoms with Gasteiger partial charge in [-0.3, -0.25) is 0 Å². The van der Waals surface area contributed by atoms with Crippen LogP contribution >= 0.6 is 0 Å². The number of nitrogens with zero attached hydrogens (tertiary/aromatic N) is 2. The van der Waals surface area contributed by atoms with Crippen LogP contribution in [0.4, 0.5) is 5.69 Å². The molecule has 1 fully saturated rings. The second-order valence-corrected chi connectivity index (χ2v) is 6.66. The summed E-state index contributed by atoms with van der Waals surface area (Å²) in [6, 6.07) is 12.9. The van der Waals surface area contributed by atoms with Gasteiger partial charge >= 0.3 is 0 Å². The molecular formula is C19H16N2O. The van der Waals surface area contributed by atoms with Crippen molar-refractivity contribution in [2.75, 3.05) is 11.4 Å². The van der Waals surface area contributed by atoms with Gasteiger partial charge in [0.1, 0.15) is 11.7 Å². The zero-order valence-corrected chi connectivity index (χ0v) is 12.2. The van der Waals surface area contributed by atoms with Crippen molar-refractivity contribution in [1.29, 1.82) is 0 Å². The molecule has 0 aliphatic carbocycles. The normalized spacial score (nSPS) is 25.3. The lowest BCUT2D eigenvalue weighted by Gasteiger charge is -2.37. The van der Waals surface area contributed by atoms with Gasteiger partial charge in [0.2, 0.25) is 0 Å². The molecule has 22 heavy (non-hydrogen) atoms. The van der Waals surface area contributed by atoms with Crippen molar-refractivity contribution in [2.24, 2.45) is 5.92 Å². The summed E-state index contributed by atoms with van der Waals surface area (Å²) >= 11 is 0. The van der Waals surface area contributed by atoms with Gasteiger partial charge in [-0.15, -0.1) is 0 Å². The summed E-state index contributed by atoms with van der Waals surface area (Å²) in [4.78, 5) is 4.93. The first-order valence-electron chi connectivity index (χ1n) is 8.06. The van der Waals surface area contributed by atoms with Crippen LogP contribution in [0.25, 0.3) is 21.9 Å². The number of anilines is 1. The van der Waals surface area contributed by atoms with E-state index in [9.17, 15) is 0 Å². The number of furan rings is 1. The van der Waals surface area contributed by atoms with E-state index in [4.69, 9.17) is 4.42 Å². The molecule has 2 aromatic carbocycles. The molecule has 1 unspecified atom stereocenters. The van der Waals surface area contributed by atoms with Crippen LogP contribution in [0.5, 0.6) is 0 Å². The topological polar surface area (TPSA) is 19.6 Å². The van der Waals surface area contributed by atoms with Crippen molar-refractivity contribution in [1.82, 2.24) is 4.90 Å². The molecule has 1 aromatic heterocycles. The first kappa shape index (κ1) is 11.2. The third-order valence-electron chi connectivity index (χ3n) is 5.57. The maximum Gasteiger partial charge on any atom is 0.159 e. The average molecular weight is 288 g/mol. The number of rotatable bonds is 0. The highest BCUT2D eigenvalue weighted by molar-refractivity contribution is 6.09. The van der Waals surface area contributed by atoms with Gasteiger partial charge in [0.05, 0.1) is 5.69 Å². The summed E-state index contributed by atoms with van der Waals surface area (Å²) in [6.45, 7) is 1.18. The number of benzene rings is 2.